The molecule has 16 heteroatoms. The molecule has 1 saturated carbocycles. The molecular weight excluding hydrogens is 1250 g/mol. The number of hydrogen-bond donors (Lipinski definition) is 2. The van der Waals surface area contributed by atoms with Crippen LogP contribution in [0.5, 0.6) is 23.0 Å². The number of carbonyl (C=O) groups excluding carboxylic acids is 5. The number of amides is 3. The number of rotatable bonds is 31. The third-order valence-electron chi connectivity index (χ3n) is 21.3. The second-order valence-corrected chi connectivity index (χ2v) is 28.4. The van der Waals surface area contributed by atoms with Gasteiger partial charge in [0.05, 0.1) is 73.8 Å². The van der Waals surface area contributed by atoms with Crippen molar-refractivity contribution in [2.45, 2.75) is 174 Å². The summed E-state index contributed by atoms with van der Waals surface area (Å²) >= 11 is 0. The Kier molecular flexibility index (Phi) is 23.0. The number of benzene rings is 6. The van der Waals surface area contributed by atoms with Crippen molar-refractivity contribution in [3.8, 4) is 34.1 Å². The number of nitrogens with zero attached hydrogens (tertiary/aromatic N) is 4. The van der Waals surface area contributed by atoms with Gasteiger partial charge in [0.1, 0.15) is 12.4 Å². The fourth-order valence-corrected chi connectivity index (χ4v) is 15.3. The van der Waals surface area contributed by atoms with E-state index in [4.69, 9.17) is 39.1 Å². The third kappa shape index (κ3) is 16.4. The van der Waals surface area contributed by atoms with Crippen molar-refractivity contribution in [3.05, 3.63) is 178 Å². The standard InChI is InChI=1S/C84H96N6O10/c1-7-17-55-18-15-19-56(28-27-55)29-30-58-33-37-60(38-34-58)62-43-64-49-87-74-47-79(77(97-6)45-70(74)83(94)90(64)51-62)99-41-14-8-13-40-98-78-46-73-69(44-76(78)96-5)82(93)89-50-61(42-63(89)48-86-73)59-35-31-57(32-36-59)20-16-25-75(91)54(4)26-39-72(85)81(92)80(53(2)3)88-84(95)100-52-71-67-23-11-9-21-65(67)66-22-10-12-24-68(66)71/h9-12,21-24,31-38,44-51,53-56,63-64,71,80,85H,7-8,13-20,25-30,39-43,52H2,1-6H3,(H,88,95). The molecule has 100 heavy (non-hydrogen) atoms. The van der Waals surface area contributed by atoms with Gasteiger partial charge in [0.15, 0.2) is 28.8 Å². The van der Waals surface area contributed by atoms with Crippen LogP contribution in [0.3, 0.4) is 0 Å². The Labute approximate surface area is 589 Å². The molecule has 0 spiro atoms. The summed E-state index contributed by atoms with van der Waals surface area (Å²) < 4.78 is 29.8. The van der Waals surface area contributed by atoms with Gasteiger partial charge in [-0.1, -0.05) is 170 Å². The first-order valence-electron chi connectivity index (χ1n) is 36.4. The molecule has 0 radical (unpaired) electrons. The number of aliphatic imine (C=N–C) groups is 2. The first-order valence-corrected chi connectivity index (χ1v) is 36.4. The van der Waals surface area contributed by atoms with E-state index in [9.17, 15) is 24.0 Å². The highest BCUT2D eigenvalue weighted by Crippen LogP contribution is 2.46. The fourth-order valence-electron chi connectivity index (χ4n) is 15.3. The summed E-state index contributed by atoms with van der Waals surface area (Å²) in [5.41, 5.74) is 13.0. The van der Waals surface area contributed by atoms with Crippen molar-refractivity contribution < 1.29 is 47.7 Å². The molecule has 6 unspecified atom stereocenters. The van der Waals surface area contributed by atoms with Crippen LogP contribution in [0.25, 0.3) is 22.3 Å². The topological polar surface area (TPSA) is 199 Å². The van der Waals surface area contributed by atoms with Crippen LogP contribution in [0.4, 0.5) is 16.2 Å². The number of hydrogen-bond acceptors (Lipinski definition) is 13. The lowest BCUT2D eigenvalue weighted by Gasteiger charge is -2.22. The van der Waals surface area contributed by atoms with E-state index in [-0.39, 0.29) is 66.2 Å². The fraction of sp³-hybridized carbons (Fsp3) is 0.429. The van der Waals surface area contributed by atoms with Gasteiger partial charge >= 0.3 is 6.09 Å². The Balaban J connectivity index is 0.552. The second kappa shape index (κ2) is 32.7. The monoisotopic (exact) mass is 1350 g/mol. The predicted molar refractivity (Wildman–Crippen MR) is 394 cm³/mol. The van der Waals surface area contributed by atoms with Gasteiger partial charge in [0.25, 0.3) is 11.8 Å². The summed E-state index contributed by atoms with van der Waals surface area (Å²) in [5.74, 6) is 2.29. The highest BCUT2D eigenvalue weighted by molar-refractivity contribution is 6.40. The Morgan fingerprint density at radius 1 is 0.600 bits per heavy atom. The van der Waals surface area contributed by atoms with Crippen LogP contribution in [0.1, 0.15) is 197 Å². The van der Waals surface area contributed by atoms with E-state index < -0.39 is 17.9 Å². The number of alkyl carbamates (subject to hydrolysis) is 1. The Hall–Kier alpha value is -9.44. The lowest BCUT2D eigenvalue weighted by Crippen LogP contribution is -2.47. The van der Waals surface area contributed by atoms with Crippen LogP contribution in [-0.4, -0.2) is 110 Å². The Morgan fingerprint density at radius 2 is 1.12 bits per heavy atom. The van der Waals surface area contributed by atoms with Crippen LogP contribution in [0.15, 0.2) is 144 Å². The number of aryl methyl sites for hydroxylation is 2. The van der Waals surface area contributed by atoms with Gasteiger partial charge in [-0.15, -0.1) is 0 Å². The van der Waals surface area contributed by atoms with E-state index in [0.29, 0.717) is 97.2 Å². The molecule has 2 aliphatic carbocycles. The smallest absolute Gasteiger partial charge is 0.407 e. The molecule has 6 aromatic rings. The summed E-state index contributed by atoms with van der Waals surface area (Å²) in [4.78, 5) is 81.5. The Bertz CT molecular complexity index is 4070. The maximum Gasteiger partial charge on any atom is 0.407 e. The van der Waals surface area contributed by atoms with Crippen LogP contribution in [0.2, 0.25) is 0 Å². The molecule has 12 rings (SSSR count). The second-order valence-electron chi connectivity index (χ2n) is 28.4. The summed E-state index contributed by atoms with van der Waals surface area (Å²) in [6.07, 6.45) is 24.7. The Morgan fingerprint density at radius 3 is 1.64 bits per heavy atom. The van der Waals surface area contributed by atoms with Gasteiger partial charge in [0.2, 0.25) is 0 Å². The van der Waals surface area contributed by atoms with E-state index in [0.717, 1.165) is 87.6 Å². The molecule has 522 valence electrons. The van der Waals surface area contributed by atoms with Gasteiger partial charge in [-0.25, -0.2) is 4.79 Å². The van der Waals surface area contributed by atoms with Crippen molar-refractivity contribution in [2.75, 3.05) is 34.0 Å². The summed E-state index contributed by atoms with van der Waals surface area (Å²) in [5, 5.41) is 11.4. The number of fused-ring (bicyclic) bond motifs is 7. The number of unbranched alkanes of at least 4 members (excludes halogenated alkanes) is 2. The highest BCUT2D eigenvalue weighted by Gasteiger charge is 2.37. The van der Waals surface area contributed by atoms with Crippen LogP contribution < -0.4 is 24.3 Å². The molecule has 6 aliphatic rings. The van der Waals surface area contributed by atoms with Crippen molar-refractivity contribution in [2.24, 2.45) is 33.7 Å². The molecule has 6 atom stereocenters. The normalized spacial score (nSPS) is 18.8. The molecular formula is C84H96N6O10. The molecule has 0 aromatic heterocycles. The van der Waals surface area contributed by atoms with Gasteiger partial charge < -0.3 is 44.2 Å². The minimum atomic E-state index is -0.931. The number of ketones is 2. The number of ether oxygens (including phenoxy) is 5. The summed E-state index contributed by atoms with van der Waals surface area (Å²) in [6, 6.07) is 39.1. The molecule has 16 nitrogen and oxygen atoms in total. The van der Waals surface area contributed by atoms with Crippen LogP contribution in [0, 0.1) is 29.1 Å². The molecule has 2 N–H and O–H groups in total. The molecule has 3 amide bonds. The van der Waals surface area contributed by atoms with Crippen molar-refractivity contribution in [3.63, 3.8) is 0 Å². The zero-order chi connectivity index (χ0) is 69.8. The molecule has 4 aliphatic heterocycles. The quantitative estimate of drug-likeness (QED) is 0.0240. The molecule has 0 saturated heterocycles. The first-order chi connectivity index (χ1) is 48.6. The van der Waals surface area contributed by atoms with E-state index in [1.165, 1.54) is 56.9 Å². The zero-order valence-corrected chi connectivity index (χ0v) is 58.9. The maximum atomic E-state index is 14.2. The van der Waals surface area contributed by atoms with E-state index in [1.807, 2.05) is 82.0 Å². The first kappa shape index (κ1) is 70.4. The molecule has 6 aromatic carbocycles. The third-order valence-corrected chi connectivity index (χ3v) is 21.3. The lowest BCUT2D eigenvalue weighted by atomic mass is 9.91. The largest absolute Gasteiger partial charge is 0.493 e. The number of carbonyl (C=O) groups is 5. The molecule has 4 heterocycles. The van der Waals surface area contributed by atoms with E-state index in [2.05, 4.69) is 72.9 Å². The average molecular weight is 1350 g/mol. The zero-order valence-electron chi connectivity index (χ0n) is 58.9. The van der Waals surface area contributed by atoms with Crippen molar-refractivity contribution >= 4 is 70.1 Å². The SMILES string of the molecule is CCCC1CCCC(CCc2ccc(C3=CN4C(=O)c5cc(OC)c(OCCCCCOc6cc7c(cc6OC)C(=O)N6C=C(c8ccc(CCCC(=O)C(C)CCC(=N)C(=O)C(NC(=O)OCC9c%10ccccc%10-c%10ccccc%109)C(C)C)cc8)CC6C=N7)cc5N=CC4C3)cc2)CC1. The van der Waals surface area contributed by atoms with Crippen LogP contribution >= 0.6 is 0 Å². The summed E-state index contributed by atoms with van der Waals surface area (Å²) in [6.45, 7) is 8.76. The molecule has 1 fully saturated rings. The maximum absolute atomic E-state index is 14.2. The van der Waals surface area contributed by atoms with Gasteiger partial charge in [-0.2, -0.15) is 0 Å². The number of nitrogens with one attached hydrogen (secondary N) is 2. The summed E-state index contributed by atoms with van der Waals surface area (Å²) in [7, 11) is 3.14. The minimum absolute atomic E-state index is 0.0809. The minimum Gasteiger partial charge on any atom is -0.493 e. The molecule has 0 bridgehead atoms. The van der Waals surface area contributed by atoms with Gasteiger partial charge in [-0.05, 0) is 143 Å². The highest BCUT2D eigenvalue weighted by atomic mass is 16.5. The van der Waals surface area contributed by atoms with Crippen molar-refractivity contribution in [1.82, 2.24) is 15.1 Å². The lowest BCUT2D eigenvalue weighted by molar-refractivity contribution is -0.122. The van der Waals surface area contributed by atoms with Crippen LogP contribution in [-0.2, 0) is 27.2 Å². The van der Waals surface area contributed by atoms with E-state index in [1.54, 1.807) is 48.3 Å². The van der Waals surface area contributed by atoms with Gasteiger partial charge in [-0.3, -0.25) is 29.2 Å². The van der Waals surface area contributed by atoms with E-state index >= 15 is 0 Å². The predicted octanol–water partition coefficient (Wildman–Crippen LogP) is 17.7. The van der Waals surface area contributed by atoms with Crippen molar-refractivity contribution in [1.29, 1.82) is 5.41 Å². The average Bonchev–Trinajstić information content (AvgIpc) is 1.62. The number of Topliss-reactive ketones (excluding diaryl/α,β-unsaturated/α-hetero) is 2. The number of methoxy groups -OCH3 is 2. The van der Waals surface area contributed by atoms with Gasteiger partial charge in [0, 0.05) is 68.1 Å².